The maximum Gasteiger partial charge on any atom is 0.0959 e. The largest absolute Gasteiger partial charge is 0.339 e. The Balaban J connectivity index is 0.000000574. The van der Waals surface area contributed by atoms with Crippen LogP contribution in [0.4, 0.5) is 0 Å². The van der Waals surface area contributed by atoms with Crippen LogP contribution in [0.2, 0.25) is 0 Å². The van der Waals surface area contributed by atoms with Gasteiger partial charge in [0.2, 0.25) is 0 Å². The zero-order chi connectivity index (χ0) is 13.1. The molecule has 3 rings (SSSR count). The van der Waals surface area contributed by atoms with E-state index in [2.05, 4.69) is 47.7 Å². The lowest BCUT2D eigenvalue weighted by molar-refractivity contribution is 0.826. The van der Waals surface area contributed by atoms with Gasteiger partial charge in [-0.2, -0.15) is 0 Å². The summed E-state index contributed by atoms with van der Waals surface area (Å²) in [5.41, 5.74) is 4.91. The Morgan fingerprint density at radius 3 is 2.61 bits per heavy atom. The van der Waals surface area contributed by atoms with Crippen LogP contribution in [-0.4, -0.2) is 9.55 Å². The minimum atomic E-state index is 0.981. The number of fused-ring (bicyclic) bond motifs is 3. The average molecular weight is 240 g/mol. The first kappa shape index (κ1) is 12.6. The fourth-order valence-electron chi connectivity index (χ4n) is 2.37. The van der Waals surface area contributed by atoms with Crippen LogP contribution < -0.4 is 0 Å². The molecule has 0 saturated heterocycles. The van der Waals surface area contributed by atoms with Crippen LogP contribution in [0.3, 0.4) is 0 Å². The highest BCUT2D eigenvalue weighted by Gasteiger charge is 2.09. The van der Waals surface area contributed by atoms with Crippen molar-refractivity contribution in [1.82, 2.24) is 9.55 Å². The molecule has 2 heterocycles. The second-order valence-corrected chi connectivity index (χ2v) is 4.14. The molecule has 0 atom stereocenters. The summed E-state index contributed by atoms with van der Waals surface area (Å²) in [7, 11) is 0. The van der Waals surface area contributed by atoms with E-state index < -0.39 is 0 Å². The lowest BCUT2D eigenvalue weighted by Crippen LogP contribution is -1.92. The van der Waals surface area contributed by atoms with Gasteiger partial charge in [-0.3, -0.25) is 4.98 Å². The van der Waals surface area contributed by atoms with Gasteiger partial charge in [0.05, 0.1) is 16.6 Å². The van der Waals surface area contributed by atoms with Crippen LogP contribution in [0, 0.1) is 6.92 Å². The molecule has 0 bridgehead atoms. The molecule has 0 saturated carbocycles. The van der Waals surface area contributed by atoms with Crippen molar-refractivity contribution < 1.29 is 0 Å². The number of hydrogen-bond acceptors (Lipinski definition) is 1. The van der Waals surface area contributed by atoms with Crippen molar-refractivity contribution >= 4 is 21.9 Å². The average Bonchev–Trinajstić information content (AvgIpc) is 2.74. The van der Waals surface area contributed by atoms with E-state index in [1.54, 1.807) is 0 Å². The van der Waals surface area contributed by atoms with Crippen LogP contribution in [0.1, 0.15) is 26.3 Å². The van der Waals surface area contributed by atoms with E-state index in [1.807, 2.05) is 26.1 Å². The van der Waals surface area contributed by atoms with Crippen LogP contribution in [0.5, 0.6) is 0 Å². The SMILES string of the molecule is CC.CCn1c2ccc(C)cc2c2ncccc21. The number of benzene rings is 1. The first-order chi connectivity index (χ1) is 8.81. The second kappa shape index (κ2) is 5.21. The summed E-state index contributed by atoms with van der Waals surface area (Å²) in [6.07, 6.45) is 1.87. The van der Waals surface area contributed by atoms with Gasteiger partial charge in [-0.15, -0.1) is 0 Å². The molecular weight excluding hydrogens is 220 g/mol. The van der Waals surface area contributed by atoms with Gasteiger partial charge in [-0.05, 0) is 38.1 Å². The van der Waals surface area contributed by atoms with Crippen molar-refractivity contribution in [3.63, 3.8) is 0 Å². The predicted molar refractivity (Wildman–Crippen MR) is 79.0 cm³/mol. The van der Waals surface area contributed by atoms with Crippen LogP contribution in [-0.2, 0) is 6.54 Å². The predicted octanol–water partition coefficient (Wildman–Crippen LogP) is 4.54. The van der Waals surface area contributed by atoms with Crippen molar-refractivity contribution in [3.05, 3.63) is 42.1 Å². The highest BCUT2D eigenvalue weighted by atomic mass is 15.0. The lowest BCUT2D eigenvalue weighted by atomic mass is 10.1. The molecule has 0 aliphatic rings. The Bertz CT molecular complexity index is 665. The summed E-state index contributed by atoms with van der Waals surface area (Å²) < 4.78 is 2.32. The van der Waals surface area contributed by atoms with Gasteiger partial charge in [0.25, 0.3) is 0 Å². The molecule has 0 aliphatic heterocycles. The first-order valence-electron chi connectivity index (χ1n) is 6.65. The Labute approximate surface area is 108 Å². The third-order valence-corrected chi connectivity index (χ3v) is 3.09. The Kier molecular flexibility index (Phi) is 3.66. The van der Waals surface area contributed by atoms with Gasteiger partial charge in [0.1, 0.15) is 0 Å². The van der Waals surface area contributed by atoms with Crippen LogP contribution in [0.15, 0.2) is 36.5 Å². The number of pyridine rings is 1. The maximum absolute atomic E-state index is 4.50. The summed E-state index contributed by atoms with van der Waals surface area (Å²) in [6, 6.07) is 10.7. The molecular formula is C16H20N2. The molecule has 0 radical (unpaired) electrons. The van der Waals surface area contributed by atoms with Gasteiger partial charge < -0.3 is 4.57 Å². The van der Waals surface area contributed by atoms with Crippen molar-refractivity contribution in [3.8, 4) is 0 Å². The smallest absolute Gasteiger partial charge is 0.0959 e. The molecule has 0 spiro atoms. The molecule has 0 amide bonds. The molecule has 3 aromatic rings. The highest BCUT2D eigenvalue weighted by molar-refractivity contribution is 6.05. The Morgan fingerprint density at radius 1 is 1.11 bits per heavy atom. The number of aryl methyl sites for hydroxylation is 2. The van der Waals surface area contributed by atoms with Gasteiger partial charge in [0, 0.05) is 18.1 Å². The molecule has 18 heavy (non-hydrogen) atoms. The quantitative estimate of drug-likeness (QED) is 0.610. The van der Waals surface area contributed by atoms with Gasteiger partial charge in [-0.1, -0.05) is 25.5 Å². The highest BCUT2D eigenvalue weighted by Crippen LogP contribution is 2.27. The van der Waals surface area contributed by atoms with E-state index in [4.69, 9.17) is 0 Å². The molecule has 0 N–H and O–H groups in total. The molecule has 0 fully saturated rings. The van der Waals surface area contributed by atoms with Crippen molar-refractivity contribution in [2.75, 3.05) is 0 Å². The van der Waals surface area contributed by atoms with Gasteiger partial charge in [-0.25, -0.2) is 0 Å². The van der Waals surface area contributed by atoms with E-state index in [9.17, 15) is 0 Å². The number of nitrogens with zero attached hydrogens (tertiary/aromatic N) is 2. The number of rotatable bonds is 1. The molecule has 1 aromatic carbocycles. The number of hydrogen-bond donors (Lipinski definition) is 0. The van der Waals surface area contributed by atoms with Crippen LogP contribution in [0.25, 0.3) is 21.9 Å². The van der Waals surface area contributed by atoms with Crippen molar-refractivity contribution in [2.24, 2.45) is 0 Å². The molecule has 0 aliphatic carbocycles. The third kappa shape index (κ3) is 1.88. The molecule has 2 aromatic heterocycles. The standard InChI is InChI=1S/C14H14N2.C2H6/c1-3-16-12-7-6-10(2)9-11(12)14-13(16)5-4-8-15-14;1-2/h4-9H,3H2,1-2H3;1-2H3. The fraction of sp³-hybridized carbons (Fsp3) is 0.312. The van der Waals surface area contributed by atoms with Gasteiger partial charge in [0.15, 0.2) is 0 Å². The fourth-order valence-corrected chi connectivity index (χ4v) is 2.37. The summed E-state index contributed by atoms with van der Waals surface area (Å²) in [5.74, 6) is 0. The van der Waals surface area contributed by atoms with E-state index in [0.29, 0.717) is 0 Å². The van der Waals surface area contributed by atoms with E-state index in [-0.39, 0.29) is 0 Å². The molecule has 0 unspecified atom stereocenters. The molecule has 2 heteroatoms. The normalized spacial score (nSPS) is 10.4. The minimum absolute atomic E-state index is 0.981. The van der Waals surface area contributed by atoms with Gasteiger partial charge >= 0.3 is 0 Å². The summed E-state index contributed by atoms with van der Waals surface area (Å²) in [4.78, 5) is 4.50. The summed E-state index contributed by atoms with van der Waals surface area (Å²) in [6.45, 7) is 9.28. The third-order valence-electron chi connectivity index (χ3n) is 3.09. The summed E-state index contributed by atoms with van der Waals surface area (Å²) >= 11 is 0. The van der Waals surface area contributed by atoms with Crippen LogP contribution >= 0.6 is 0 Å². The second-order valence-electron chi connectivity index (χ2n) is 4.14. The van der Waals surface area contributed by atoms with E-state index >= 15 is 0 Å². The van der Waals surface area contributed by atoms with Crippen molar-refractivity contribution in [1.29, 1.82) is 0 Å². The zero-order valence-electron chi connectivity index (χ0n) is 11.6. The van der Waals surface area contributed by atoms with Crippen molar-refractivity contribution in [2.45, 2.75) is 34.2 Å². The molecule has 94 valence electrons. The first-order valence-corrected chi connectivity index (χ1v) is 6.65. The van der Waals surface area contributed by atoms with E-state index in [1.165, 1.54) is 22.0 Å². The minimum Gasteiger partial charge on any atom is -0.339 e. The number of aromatic nitrogens is 2. The van der Waals surface area contributed by atoms with E-state index in [0.717, 1.165) is 12.1 Å². The lowest BCUT2D eigenvalue weighted by Gasteiger charge is -2.01. The molecule has 2 nitrogen and oxygen atoms in total. The maximum atomic E-state index is 4.50. The Hall–Kier alpha value is -1.83. The Morgan fingerprint density at radius 2 is 1.89 bits per heavy atom. The topological polar surface area (TPSA) is 17.8 Å². The zero-order valence-corrected chi connectivity index (χ0v) is 11.6. The monoisotopic (exact) mass is 240 g/mol. The summed E-state index contributed by atoms with van der Waals surface area (Å²) in [5, 5.41) is 1.26.